The smallest absolute Gasteiger partial charge is 0.274 e. The Morgan fingerprint density at radius 2 is 2.33 bits per heavy atom. The number of nitrogens with zero attached hydrogens (tertiary/aromatic N) is 2. The summed E-state index contributed by atoms with van der Waals surface area (Å²) in [6, 6.07) is 3.20. The van der Waals surface area contributed by atoms with Crippen molar-refractivity contribution in [3.8, 4) is 11.8 Å². The normalized spacial score (nSPS) is 9.39. The first-order valence-electron chi connectivity index (χ1n) is 5.06. The Morgan fingerprint density at radius 3 is 2.94 bits per heavy atom. The molecule has 6 nitrogen and oxygen atoms in total. The minimum atomic E-state index is -0.361. The van der Waals surface area contributed by atoms with Crippen LogP contribution in [0, 0.1) is 11.8 Å². The molecular weight excluding hydrogens is 234 g/mol. The second kappa shape index (κ2) is 5.61. The molecular formula is C12H9N3O3. The zero-order chi connectivity index (χ0) is 12.8. The number of carbonyl (C=O) groups excluding carboxylic acids is 1. The predicted molar refractivity (Wildman–Crippen MR) is 62.7 cm³/mol. The number of aliphatic hydroxyl groups excluding tert-OH is 1. The summed E-state index contributed by atoms with van der Waals surface area (Å²) >= 11 is 0. The SMILES string of the molecule is O=C(Nc1cnoc1)c1ccc(C#CCO)cn1. The Labute approximate surface area is 103 Å². The standard InChI is InChI=1S/C12H9N3O3/c16-5-1-2-9-3-4-11(13-6-9)12(17)15-10-7-14-18-8-10/h3-4,6-8,16H,5H2,(H,15,17). The van der Waals surface area contributed by atoms with E-state index in [1.165, 1.54) is 18.7 Å². The maximum atomic E-state index is 11.7. The van der Waals surface area contributed by atoms with Gasteiger partial charge in [-0.2, -0.15) is 0 Å². The van der Waals surface area contributed by atoms with Gasteiger partial charge in [-0.3, -0.25) is 4.79 Å². The molecule has 0 bridgehead atoms. The minimum absolute atomic E-state index is 0.213. The Morgan fingerprint density at radius 1 is 1.44 bits per heavy atom. The van der Waals surface area contributed by atoms with Crippen LogP contribution in [-0.2, 0) is 0 Å². The van der Waals surface area contributed by atoms with Crippen LogP contribution < -0.4 is 5.32 Å². The third-order valence-corrected chi connectivity index (χ3v) is 2.00. The van der Waals surface area contributed by atoms with Crippen molar-refractivity contribution in [2.75, 3.05) is 11.9 Å². The lowest BCUT2D eigenvalue weighted by Gasteiger charge is -2.00. The van der Waals surface area contributed by atoms with Gasteiger partial charge in [0, 0.05) is 11.8 Å². The number of nitrogens with one attached hydrogen (secondary N) is 1. The van der Waals surface area contributed by atoms with Crippen molar-refractivity contribution in [3.05, 3.63) is 42.0 Å². The van der Waals surface area contributed by atoms with E-state index in [0.29, 0.717) is 11.3 Å². The third-order valence-electron chi connectivity index (χ3n) is 2.00. The van der Waals surface area contributed by atoms with E-state index in [-0.39, 0.29) is 18.2 Å². The number of hydrogen-bond acceptors (Lipinski definition) is 5. The highest BCUT2D eigenvalue weighted by atomic mass is 16.5. The molecule has 0 aliphatic heterocycles. The number of carbonyl (C=O) groups is 1. The van der Waals surface area contributed by atoms with Crippen molar-refractivity contribution in [3.63, 3.8) is 0 Å². The van der Waals surface area contributed by atoms with Crippen molar-refractivity contribution < 1.29 is 14.4 Å². The van der Waals surface area contributed by atoms with Crippen LogP contribution in [0.3, 0.4) is 0 Å². The lowest BCUT2D eigenvalue weighted by Crippen LogP contribution is -2.12. The van der Waals surface area contributed by atoms with E-state index in [4.69, 9.17) is 5.11 Å². The Hall–Kier alpha value is -2.65. The summed E-state index contributed by atoms with van der Waals surface area (Å²) < 4.78 is 4.59. The second-order valence-corrected chi connectivity index (χ2v) is 3.26. The first-order valence-corrected chi connectivity index (χ1v) is 5.06. The molecule has 2 aromatic rings. The first kappa shape index (κ1) is 11.8. The number of amides is 1. The van der Waals surface area contributed by atoms with E-state index >= 15 is 0 Å². The number of pyridine rings is 1. The molecule has 0 aliphatic carbocycles. The molecule has 2 rings (SSSR count). The molecule has 0 atom stereocenters. The van der Waals surface area contributed by atoms with E-state index in [2.05, 4.69) is 31.8 Å². The molecule has 0 radical (unpaired) electrons. The van der Waals surface area contributed by atoms with E-state index in [0.717, 1.165) is 0 Å². The molecule has 2 aromatic heterocycles. The van der Waals surface area contributed by atoms with Gasteiger partial charge in [0.25, 0.3) is 5.91 Å². The Balaban J connectivity index is 2.07. The summed E-state index contributed by atoms with van der Waals surface area (Å²) in [6.07, 6.45) is 4.17. The number of hydrogen-bond donors (Lipinski definition) is 2. The number of aromatic nitrogens is 2. The summed E-state index contributed by atoms with van der Waals surface area (Å²) in [5.41, 5.74) is 1.35. The molecule has 0 aromatic carbocycles. The van der Waals surface area contributed by atoms with Gasteiger partial charge in [0.15, 0.2) is 0 Å². The fraction of sp³-hybridized carbons (Fsp3) is 0.0833. The van der Waals surface area contributed by atoms with E-state index in [9.17, 15) is 4.79 Å². The molecule has 1 amide bonds. The summed E-state index contributed by atoms with van der Waals surface area (Å²) in [5.74, 6) is 4.82. The monoisotopic (exact) mass is 243 g/mol. The van der Waals surface area contributed by atoms with Gasteiger partial charge in [-0.05, 0) is 12.1 Å². The van der Waals surface area contributed by atoms with Crippen LogP contribution in [0.4, 0.5) is 5.69 Å². The fourth-order valence-electron chi connectivity index (χ4n) is 1.21. The fourth-order valence-corrected chi connectivity index (χ4v) is 1.21. The molecule has 0 saturated carbocycles. The van der Waals surface area contributed by atoms with Gasteiger partial charge < -0.3 is 14.9 Å². The minimum Gasteiger partial charge on any atom is -0.384 e. The molecule has 2 heterocycles. The Kier molecular flexibility index (Phi) is 3.69. The van der Waals surface area contributed by atoms with Gasteiger partial charge in [-0.1, -0.05) is 17.0 Å². The molecule has 90 valence electrons. The largest absolute Gasteiger partial charge is 0.384 e. The lowest BCUT2D eigenvalue weighted by molar-refractivity contribution is 0.102. The topological polar surface area (TPSA) is 88.2 Å². The zero-order valence-corrected chi connectivity index (χ0v) is 9.25. The van der Waals surface area contributed by atoms with Gasteiger partial charge in [0.05, 0.1) is 6.20 Å². The highest BCUT2D eigenvalue weighted by Gasteiger charge is 2.08. The van der Waals surface area contributed by atoms with Gasteiger partial charge in [0.2, 0.25) is 0 Å². The van der Waals surface area contributed by atoms with Crippen LogP contribution in [-0.4, -0.2) is 27.8 Å². The first-order chi connectivity index (χ1) is 8.79. The van der Waals surface area contributed by atoms with Crippen LogP contribution in [0.1, 0.15) is 16.1 Å². The molecule has 0 saturated heterocycles. The second-order valence-electron chi connectivity index (χ2n) is 3.26. The van der Waals surface area contributed by atoms with Crippen LogP contribution >= 0.6 is 0 Å². The van der Waals surface area contributed by atoms with Crippen LogP contribution in [0.15, 0.2) is 35.3 Å². The number of anilines is 1. The predicted octanol–water partition coefficient (Wildman–Crippen LogP) is 0.666. The summed E-state index contributed by atoms with van der Waals surface area (Å²) in [7, 11) is 0. The van der Waals surface area contributed by atoms with Crippen LogP contribution in [0.25, 0.3) is 0 Å². The molecule has 0 unspecified atom stereocenters. The third kappa shape index (κ3) is 2.93. The van der Waals surface area contributed by atoms with Crippen molar-refractivity contribution in [1.29, 1.82) is 0 Å². The van der Waals surface area contributed by atoms with Crippen LogP contribution in [0.5, 0.6) is 0 Å². The average molecular weight is 243 g/mol. The van der Waals surface area contributed by atoms with Gasteiger partial charge in [0.1, 0.15) is 24.3 Å². The summed E-state index contributed by atoms with van der Waals surface area (Å²) in [6.45, 7) is -0.213. The number of aliphatic hydroxyl groups is 1. The molecule has 2 N–H and O–H groups in total. The molecule has 0 fully saturated rings. The highest BCUT2D eigenvalue weighted by Crippen LogP contribution is 2.06. The zero-order valence-electron chi connectivity index (χ0n) is 9.25. The quantitative estimate of drug-likeness (QED) is 0.757. The lowest BCUT2D eigenvalue weighted by atomic mass is 10.2. The van der Waals surface area contributed by atoms with Gasteiger partial charge >= 0.3 is 0 Å². The number of rotatable bonds is 2. The van der Waals surface area contributed by atoms with Crippen molar-refractivity contribution >= 4 is 11.6 Å². The maximum absolute atomic E-state index is 11.7. The van der Waals surface area contributed by atoms with Crippen molar-refractivity contribution in [1.82, 2.24) is 10.1 Å². The maximum Gasteiger partial charge on any atom is 0.274 e. The van der Waals surface area contributed by atoms with E-state index < -0.39 is 0 Å². The van der Waals surface area contributed by atoms with Gasteiger partial charge in [-0.15, -0.1) is 0 Å². The molecule has 18 heavy (non-hydrogen) atoms. The van der Waals surface area contributed by atoms with E-state index in [1.54, 1.807) is 12.1 Å². The van der Waals surface area contributed by atoms with E-state index in [1.807, 2.05) is 0 Å². The van der Waals surface area contributed by atoms with Gasteiger partial charge in [-0.25, -0.2) is 4.98 Å². The summed E-state index contributed by atoms with van der Waals surface area (Å²) in [5, 5.41) is 14.6. The Bertz CT molecular complexity index is 579. The molecule has 6 heteroatoms. The molecule has 0 aliphatic rings. The van der Waals surface area contributed by atoms with Crippen LogP contribution in [0.2, 0.25) is 0 Å². The summed E-state index contributed by atoms with van der Waals surface area (Å²) in [4.78, 5) is 15.7. The highest BCUT2D eigenvalue weighted by molar-refractivity contribution is 6.02. The van der Waals surface area contributed by atoms with Crippen molar-refractivity contribution in [2.24, 2.45) is 0 Å². The average Bonchev–Trinajstić information content (AvgIpc) is 2.89. The van der Waals surface area contributed by atoms with Crippen molar-refractivity contribution in [2.45, 2.75) is 0 Å². The molecule has 0 spiro atoms.